The molecule has 1 fully saturated rings. The van der Waals surface area contributed by atoms with Crippen LogP contribution in [0.4, 0.5) is 0 Å². The third kappa shape index (κ3) is 9.17. The van der Waals surface area contributed by atoms with Gasteiger partial charge < -0.3 is 20.6 Å². The molecule has 0 unspecified atom stereocenters. The zero-order chi connectivity index (χ0) is 24.0. The first-order valence-electron chi connectivity index (χ1n) is 9.99. The highest BCUT2D eigenvalue weighted by Gasteiger charge is 2.46. The summed E-state index contributed by atoms with van der Waals surface area (Å²) in [5.74, 6) is -4.00. The van der Waals surface area contributed by atoms with Crippen LogP contribution in [0.1, 0.15) is 40.5 Å². The molecule has 0 aromatic carbocycles. The Morgan fingerprint density at radius 2 is 1.16 bits per heavy atom. The third-order valence-corrected chi connectivity index (χ3v) is 5.13. The normalized spacial score (nSPS) is 18.8. The highest BCUT2D eigenvalue weighted by Crippen LogP contribution is 2.36. The van der Waals surface area contributed by atoms with Crippen LogP contribution >= 0.6 is 0 Å². The first-order valence-corrected chi connectivity index (χ1v) is 9.99. The number of carboxylic acid groups (broad SMARTS) is 3. The molecule has 0 aromatic rings. The average Bonchev–Trinajstić information content (AvgIpc) is 2.55. The van der Waals surface area contributed by atoms with Crippen molar-refractivity contribution in [3.63, 3.8) is 0 Å². The summed E-state index contributed by atoms with van der Waals surface area (Å²) < 4.78 is 0. The molecule has 0 atom stereocenters. The van der Waals surface area contributed by atoms with Crippen molar-refractivity contribution in [1.29, 1.82) is 0 Å². The van der Waals surface area contributed by atoms with Crippen molar-refractivity contribution < 1.29 is 39.7 Å². The highest BCUT2D eigenvalue weighted by atomic mass is 16.5. The summed E-state index contributed by atoms with van der Waals surface area (Å²) in [6.07, 6.45) is 0.880. The lowest BCUT2D eigenvalue weighted by molar-refractivity contribution is -0.290. The molecule has 1 saturated heterocycles. The van der Waals surface area contributed by atoms with Crippen molar-refractivity contribution in [2.75, 3.05) is 39.3 Å². The Labute approximate surface area is 181 Å². The molecule has 1 radical (unpaired) electrons. The Kier molecular flexibility index (Phi) is 9.36. The van der Waals surface area contributed by atoms with Crippen LogP contribution in [0.3, 0.4) is 0 Å². The number of carbonyl (C=O) groups is 4. The van der Waals surface area contributed by atoms with Gasteiger partial charge in [0.05, 0.1) is 26.2 Å². The van der Waals surface area contributed by atoms with E-state index in [1.165, 1.54) is 4.90 Å². The molecule has 0 aromatic heterocycles. The molecule has 177 valence electrons. The zero-order valence-electron chi connectivity index (χ0n) is 18.5. The van der Waals surface area contributed by atoms with Crippen LogP contribution in [-0.2, 0) is 24.4 Å². The first kappa shape index (κ1) is 26.8. The number of carboxylic acids is 3. The summed E-state index contributed by atoms with van der Waals surface area (Å²) in [5, 5.41) is 43.3. The second kappa shape index (κ2) is 10.8. The standard InChI is InChI=1S/C19H33N4O8/c1-18(2)7-13(8-19(3,4)23(18)31)20-14(24)9-21(10-15(25)26)5-6-22(11-16(27)28)12-17(29)30/h13H,5-12H2,1-4H3,(H,20,24)(H,25,26)(H,27,28)(H,29,30). The fraction of sp³-hybridized carbons (Fsp3) is 0.789. The van der Waals surface area contributed by atoms with Crippen LogP contribution in [0.25, 0.3) is 0 Å². The fourth-order valence-corrected chi connectivity index (χ4v) is 4.13. The molecule has 1 rings (SSSR count). The van der Waals surface area contributed by atoms with E-state index in [1.54, 1.807) is 27.7 Å². The highest BCUT2D eigenvalue weighted by molar-refractivity contribution is 5.79. The van der Waals surface area contributed by atoms with Crippen molar-refractivity contribution in [2.24, 2.45) is 0 Å². The fourth-order valence-electron chi connectivity index (χ4n) is 4.13. The number of hydrogen-bond donors (Lipinski definition) is 4. The Balaban J connectivity index is 2.74. The summed E-state index contributed by atoms with van der Waals surface area (Å²) in [7, 11) is 0. The number of nitrogens with one attached hydrogen (secondary N) is 1. The Bertz CT molecular complexity index is 648. The lowest BCUT2D eigenvalue weighted by atomic mass is 9.79. The maximum Gasteiger partial charge on any atom is 0.317 e. The van der Waals surface area contributed by atoms with Crippen LogP contribution in [0, 0.1) is 0 Å². The monoisotopic (exact) mass is 445 g/mol. The van der Waals surface area contributed by atoms with E-state index < -0.39 is 54.5 Å². The lowest BCUT2D eigenvalue weighted by Crippen LogP contribution is -2.62. The molecule has 31 heavy (non-hydrogen) atoms. The van der Waals surface area contributed by atoms with Gasteiger partial charge in [0.25, 0.3) is 0 Å². The topological polar surface area (TPSA) is 171 Å². The second-order valence-corrected chi connectivity index (χ2v) is 9.19. The minimum atomic E-state index is -1.21. The zero-order valence-corrected chi connectivity index (χ0v) is 18.5. The van der Waals surface area contributed by atoms with Crippen molar-refractivity contribution >= 4 is 23.8 Å². The van der Waals surface area contributed by atoms with E-state index in [-0.39, 0.29) is 25.7 Å². The van der Waals surface area contributed by atoms with Crippen molar-refractivity contribution in [2.45, 2.75) is 57.7 Å². The van der Waals surface area contributed by atoms with Gasteiger partial charge in [0.1, 0.15) is 0 Å². The molecule has 1 amide bonds. The molecule has 1 aliphatic rings. The third-order valence-electron chi connectivity index (χ3n) is 5.13. The second-order valence-electron chi connectivity index (χ2n) is 9.19. The van der Waals surface area contributed by atoms with Gasteiger partial charge in [0.2, 0.25) is 5.91 Å². The van der Waals surface area contributed by atoms with E-state index in [0.29, 0.717) is 12.8 Å². The van der Waals surface area contributed by atoms with E-state index in [4.69, 9.17) is 15.3 Å². The van der Waals surface area contributed by atoms with Crippen molar-refractivity contribution in [3.05, 3.63) is 0 Å². The molecule has 4 N–H and O–H groups in total. The quantitative estimate of drug-likeness (QED) is 0.302. The summed E-state index contributed by atoms with van der Waals surface area (Å²) in [6, 6.07) is -0.259. The largest absolute Gasteiger partial charge is 0.480 e. The Hall–Kier alpha value is -2.28. The van der Waals surface area contributed by atoms with Gasteiger partial charge in [-0.05, 0) is 40.5 Å². The van der Waals surface area contributed by atoms with Crippen LogP contribution in [0.15, 0.2) is 0 Å². The molecule has 1 heterocycles. The van der Waals surface area contributed by atoms with Gasteiger partial charge in [-0.15, -0.1) is 10.3 Å². The van der Waals surface area contributed by atoms with E-state index >= 15 is 0 Å². The number of rotatable bonds is 12. The van der Waals surface area contributed by atoms with Gasteiger partial charge in [-0.2, -0.15) is 0 Å². The minimum absolute atomic E-state index is 0.00370. The number of piperidine rings is 1. The van der Waals surface area contributed by atoms with Crippen LogP contribution in [-0.4, -0.2) is 110 Å². The van der Waals surface area contributed by atoms with Gasteiger partial charge in [0, 0.05) is 30.2 Å². The van der Waals surface area contributed by atoms with Crippen LogP contribution in [0.5, 0.6) is 0 Å². The van der Waals surface area contributed by atoms with Gasteiger partial charge in [0.15, 0.2) is 0 Å². The Morgan fingerprint density at radius 3 is 1.52 bits per heavy atom. The first-order chi connectivity index (χ1) is 14.1. The molecule has 12 nitrogen and oxygen atoms in total. The van der Waals surface area contributed by atoms with Crippen LogP contribution < -0.4 is 5.32 Å². The van der Waals surface area contributed by atoms with E-state index in [1.807, 2.05) is 0 Å². The van der Waals surface area contributed by atoms with Gasteiger partial charge in [-0.3, -0.25) is 29.0 Å². The smallest absolute Gasteiger partial charge is 0.317 e. The molecule has 1 aliphatic heterocycles. The summed E-state index contributed by atoms with van der Waals surface area (Å²) in [5.41, 5.74) is -1.34. The number of hydroxylamine groups is 2. The summed E-state index contributed by atoms with van der Waals surface area (Å²) >= 11 is 0. The number of hydrogen-bond acceptors (Lipinski definition) is 7. The van der Waals surface area contributed by atoms with E-state index in [0.717, 1.165) is 9.96 Å². The minimum Gasteiger partial charge on any atom is -0.480 e. The molecule has 0 bridgehead atoms. The number of carbonyl (C=O) groups excluding carboxylic acids is 1. The maximum absolute atomic E-state index is 12.6. The van der Waals surface area contributed by atoms with Crippen LogP contribution in [0.2, 0.25) is 0 Å². The number of amides is 1. The number of aliphatic carboxylic acids is 3. The maximum atomic E-state index is 12.6. The van der Waals surface area contributed by atoms with Gasteiger partial charge >= 0.3 is 17.9 Å². The van der Waals surface area contributed by atoms with E-state index in [9.17, 15) is 24.4 Å². The number of nitrogens with zero attached hydrogens (tertiary/aromatic N) is 3. The molecular formula is C19H33N4O8. The predicted octanol–water partition coefficient (Wildman–Crippen LogP) is -0.672. The molecule has 12 heteroatoms. The van der Waals surface area contributed by atoms with Crippen molar-refractivity contribution in [3.8, 4) is 0 Å². The summed E-state index contributed by atoms with van der Waals surface area (Å²) in [6.45, 7) is 5.42. The van der Waals surface area contributed by atoms with E-state index in [2.05, 4.69) is 5.32 Å². The molecule has 0 saturated carbocycles. The van der Waals surface area contributed by atoms with Gasteiger partial charge in [-0.1, -0.05) is 0 Å². The SMILES string of the molecule is CC1(C)CC(NC(=O)CN(CCN(CC(=O)O)CC(=O)O)CC(=O)O)CC(C)(C)N1[O]. The predicted molar refractivity (Wildman–Crippen MR) is 108 cm³/mol. The molecule has 0 spiro atoms. The summed E-state index contributed by atoms with van der Waals surface area (Å²) in [4.78, 5) is 48.0. The molecular weight excluding hydrogens is 412 g/mol. The molecule has 0 aliphatic carbocycles. The Morgan fingerprint density at radius 1 is 0.806 bits per heavy atom. The lowest BCUT2D eigenvalue weighted by Gasteiger charge is -2.50. The van der Waals surface area contributed by atoms with Gasteiger partial charge in [-0.25, -0.2) is 0 Å². The average molecular weight is 445 g/mol. The van der Waals surface area contributed by atoms with Crippen molar-refractivity contribution in [1.82, 2.24) is 20.2 Å².